The summed E-state index contributed by atoms with van der Waals surface area (Å²) < 4.78 is 6.21. The first kappa shape index (κ1) is 38.6. The molecule has 1 aliphatic rings. The van der Waals surface area contributed by atoms with Crippen LogP contribution in [0.3, 0.4) is 0 Å². The maximum absolute atomic E-state index is 13.4. The number of likely N-dealkylation sites (tertiary alicyclic amines) is 1. The van der Waals surface area contributed by atoms with E-state index in [1.807, 2.05) is 72.1 Å². The number of ether oxygens (including phenoxy) is 1. The summed E-state index contributed by atoms with van der Waals surface area (Å²) >= 11 is 15.1. The van der Waals surface area contributed by atoms with Gasteiger partial charge in [-0.05, 0) is 81.8 Å². The smallest absolute Gasteiger partial charge is 0.408 e. The van der Waals surface area contributed by atoms with Crippen LogP contribution in [-0.4, -0.2) is 64.3 Å². The van der Waals surface area contributed by atoms with Gasteiger partial charge in [-0.15, -0.1) is 11.3 Å². The lowest BCUT2D eigenvalue weighted by Gasteiger charge is -2.32. The summed E-state index contributed by atoms with van der Waals surface area (Å²) in [4.78, 5) is 45.9. The van der Waals surface area contributed by atoms with Gasteiger partial charge in [0.1, 0.15) is 11.6 Å². The highest BCUT2D eigenvalue weighted by molar-refractivity contribution is 8.01. The Morgan fingerprint density at radius 3 is 2.47 bits per heavy atom. The fraction of sp³-hybridized carbons (Fsp3) is 0.368. The standard InChI is InChI=1S/C38H43Cl2N5O4S2/c1-38(2,3)49-36(48)43-32(15-13-25-8-5-4-6-9-25)35(47)42-29-11-7-10-27(21-29)33-23-50-37(44-33)51-24-34(46)41-28-16-18-45(19-17-28)22-26-12-14-30(39)31(40)20-26/h4-12,14,20-21,23,28,32H,13,15-19,22,24H2,1-3H3,(H,41,46)(H,42,47)(H,43,48)/t32-/m1/s1. The Labute approximate surface area is 317 Å². The number of nitrogens with zero attached hydrogens (tertiary/aromatic N) is 2. The molecular weight excluding hydrogens is 725 g/mol. The van der Waals surface area contributed by atoms with Crippen molar-refractivity contribution in [1.82, 2.24) is 20.5 Å². The zero-order valence-corrected chi connectivity index (χ0v) is 32.1. The van der Waals surface area contributed by atoms with E-state index in [1.165, 1.54) is 23.1 Å². The fourth-order valence-electron chi connectivity index (χ4n) is 5.64. The number of hydrogen-bond donors (Lipinski definition) is 3. The van der Waals surface area contributed by atoms with Crippen LogP contribution in [0.5, 0.6) is 0 Å². The summed E-state index contributed by atoms with van der Waals surface area (Å²) in [7, 11) is 0. The number of rotatable bonds is 13. The summed E-state index contributed by atoms with van der Waals surface area (Å²) in [5.41, 5.74) is 3.66. The zero-order valence-electron chi connectivity index (χ0n) is 28.9. The van der Waals surface area contributed by atoms with Gasteiger partial charge in [0.05, 0.1) is 21.5 Å². The quantitative estimate of drug-likeness (QED) is 0.117. The number of thiazole rings is 1. The molecule has 0 unspecified atom stereocenters. The number of nitrogens with one attached hydrogen (secondary N) is 3. The third-order valence-electron chi connectivity index (χ3n) is 8.15. The van der Waals surface area contributed by atoms with Crippen molar-refractivity contribution in [1.29, 1.82) is 0 Å². The van der Waals surface area contributed by atoms with Gasteiger partial charge in [-0.3, -0.25) is 14.5 Å². The molecule has 1 fully saturated rings. The molecule has 3 aromatic carbocycles. The van der Waals surface area contributed by atoms with Crippen LogP contribution in [0.2, 0.25) is 10.0 Å². The summed E-state index contributed by atoms with van der Waals surface area (Å²) in [5, 5.41) is 11.9. The van der Waals surface area contributed by atoms with Gasteiger partial charge >= 0.3 is 6.09 Å². The molecule has 0 aliphatic carbocycles. The van der Waals surface area contributed by atoms with Crippen molar-refractivity contribution in [3.63, 3.8) is 0 Å². The number of aromatic nitrogens is 1. The zero-order chi connectivity index (χ0) is 36.4. The van der Waals surface area contributed by atoms with E-state index in [2.05, 4.69) is 20.9 Å². The first-order valence-corrected chi connectivity index (χ1v) is 19.5. The molecule has 4 aromatic rings. The molecule has 9 nitrogen and oxygen atoms in total. The van der Waals surface area contributed by atoms with Crippen molar-refractivity contribution >= 4 is 69.9 Å². The fourth-order valence-corrected chi connectivity index (χ4v) is 7.61. The second-order valence-electron chi connectivity index (χ2n) is 13.4. The number of piperidine rings is 1. The minimum Gasteiger partial charge on any atom is -0.444 e. The molecule has 270 valence electrons. The Kier molecular flexibility index (Phi) is 13.8. The van der Waals surface area contributed by atoms with E-state index in [0.717, 1.165) is 59.2 Å². The lowest BCUT2D eigenvalue weighted by Crippen LogP contribution is -2.46. The van der Waals surface area contributed by atoms with Crippen molar-refractivity contribution in [3.8, 4) is 11.3 Å². The minimum absolute atomic E-state index is 0.00815. The Bertz CT molecular complexity index is 1790. The first-order chi connectivity index (χ1) is 24.4. The number of halogens is 2. The molecule has 1 atom stereocenters. The Hall–Kier alpha value is -3.61. The number of benzene rings is 3. The van der Waals surface area contributed by atoms with Crippen LogP contribution in [0.4, 0.5) is 10.5 Å². The molecule has 3 N–H and O–H groups in total. The Balaban J connectivity index is 1.10. The predicted octanol–water partition coefficient (Wildman–Crippen LogP) is 8.45. The summed E-state index contributed by atoms with van der Waals surface area (Å²) in [6.07, 6.45) is 2.13. The molecule has 0 bridgehead atoms. The van der Waals surface area contributed by atoms with Crippen LogP contribution in [0.25, 0.3) is 11.3 Å². The van der Waals surface area contributed by atoms with E-state index in [-0.39, 0.29) is 23.6 Å². The predicted molar refractivity (Wildman–Crippen MR) is 208 cm³/mol. The molecular formula is C38H43Cl2N5O4S2. The SMILES string of the molecule is CC(C)(C)OC(=O)N[C@H](CCc1ccccc1)C(=O)Nc1cccc(-c2csc(SCC(=O)NC3CCN(Cc4ccc(Cl)c(Cl)c4)CC3)n2)c1. The van der Waals surface area contributed by atoms with E-state index in [4.69, 9.17) is 32.9 Å². The average Bonchev–Trinajstić information content (AvgIpc) is 3.57. The van der Waals surface area contributed by atoms with E-state index in [9.17, 15) is 14.4 Å². The highest BCUT2D eigenvalue weighted by Crippen LogP contribution is 2.30. The van der Waals surface area contributed by atoms with Gasteiger partial charge in [-0.2, -0.15) is 0 Å². The van der Waals surface area contributed by atoms with Crippen molar-refractivity contribution in [3.05, 3.63) is 99.3 Å². The number of aryl methyl sites for hydroxylation is 1. The Morgan fingerprint density at radius 2 is 1.75 bits per heavy atom. The van der Waals surface area contributed by atoms with Gasteiger partial charge < -0.3 is 20.7 Å². The van der Waals surface area contributed by atoms with Crippen LogP contribution >= 0.6 is 46.3 Å². The number of anilines is 1. The second-order valence-corrected chi connectivity index (χ2v) is 16.3. The van der Waals surface area contributed by atoms with E-state index < -0.39 is 17.7 Å². The maximum Gasteiger partial charge on any atom is 0.408 e. The number of alkyl carbamates (subject to hydrolysis) is 1. The third-order valence-corrected chi connectivity index (χ3v) is 10.9. The highest BCUT2D eigenvalue weighted by atomic mass is 35.5. The molecule has 0 saturated carbocycles. The maximum atomic E-state index is 13.4. The van der Waals surface area contributed by atoms with Crippen LogP contribution in [0.1, 0.15) is 51.2 Å². The molecule has 5 rings (SSSR count). The van der Waals surface area contributed by atoms with Crippen molar-refractivity contribution in [2.75, 3.05) is 24.2 Å². The van der Waals surface area contributed by atoms with Crippen molar-refractivity contribution < 1.29 is 19.1 Å². The molecule has 2 heterocycles. The number of carbonyl (C=O) groups is 3. The lowest BCUT2D eigenvalue weighted by molar-refractivity contribution is -0.119. The molecule has 0 radical (unpaired) electrons. The molecule has 3 amide bonds. The van der Waals surface area contributed by atoms with Crippen molar-refractivity contribution in [2.24, 2.45) is 0 Å². The Morgan fingerprint density at radius 1 is 0.980 bits per heavy atom. The first-order valence-electron chi connectivity index (χ1n) is 16.9. The second kappa shape index (κ2) is 18.2. The third kappa shape index (κ3) is 12.5. The molecule has 1 aliphatic heterocycles. The largest absolute Gasteiger partial charge is 0.444 e. The molecule has 1 saturated heterocycles. The van der Waals surface area contributed by atoms with Crippen LogP contribution in [-0.2, 0) is 27.3 Å². The lowest BCUT2D eigenvalue weighted by atomic mass is 10.0. The van der Waals surface area contributed by atoms with Gasteiger partial charge in [0.25, 0.3) is 0 Å². The normalized spacial score (nSPS) is 14.5. The molecule has 0 spiro atoms. The van der Waals surface area contributed by atoms with Crippen LogP contribution in [0.15, 0.2) is 82.5 Å². The van der Waals surface area contributed by atoms with E-state index in [0.29, 0.717) is 28.6 Å². The van der Waals surface area contributed by atoms with Gasteiger partial charge in [-0.25, -0.2) is 9.78 Å². The topological polar surface area (TPSA) is 113 Å². The van der Waals surface area contributed by atoms with Gasteiger partial charge in [0.2, 0.25) is 11.8 Å². The monoisotopic (exact) mass is 767 g/mol. The number of thioether (sulfide) groups is 1. The van der Waals surface area contributed by atoms with E-state index in [1.54, 1.807) is 26.8 Å². The number of carbonyl (C=O) groups excluding carboxylic acids is 3. The average molecular weight is 769 g/mol. The van der Waals surface area contributed by atoms with Crippen LogP contribution in [0, 0.1) is 0 Å². The van der Waals surface area contributed by atoms with Gasteiger partial charge in [-0.1, -0.05) is 83.5 Å². The van der Waals surface area contributed by atoms with Crippen LogP contribution < -0.4 is 16.0 Å². The summed E-state index contributed by atoms with van der Waals surface area (Å²) in [5.74, 6) is -0.0699. The highest BCUT2D eigenvalue weighted by Gasteiger charge is 2.25. The van der Waals surface area contributed by atoms with Gasteiger partial charge in [0, 0.05) is 42.3 Å². The van der Waals surface area contributed by atoms with Gasteiger partial charge in [0.15, 0.2) is 4.34 Å². The molecule has 13 heteroatoms. The van der Waals surface area contributed by atoms with E-state index >= 15 is 0 Å². The number of amides is 3. The van der Waals surface area contributed by atoms with Crippen molar-refractivity contribution in [2.45, 2.75) is 75.0 Å². The molecule has 1 aromatic heterocycles. The summed E-state index contributed by atoms with van der Waals surface area (Å²) in [6.45, 7) is 7.92. The summed E-state index contributed by atoms with van der Waals surface area (Å²) in [6, 6.07) is 22.3. The number of hydrogen-bond acceptors (Lipinski definition) is 8. The molecule has 51 heavy (non-hydrogen) atoms. The minimum atomic E-state index is -0.807.